The average molecular weight is 302 g/mol. The van der Waals surface area contributed by atoms with E-state index in [9.17, 15) is 9.90 Å². The van der Waals surface area contributed by atoms with Gasteiger partial charge < -0.3 is 14.4 Å². The van der Waals surface area contributed by atoms with Crippen molar-refractivity contribution in [3.63, 3.8) is 0 Å². The molecule has 0 amide bonds. The SMILES string of the molecule is CC(=O)c1cccc(C=C(CO)B2OC(C)(C)C(C)(C)O2)c1. The molecule has 0 bridgehead atoms. The summed E-state index contributed by atoms with van der Waals surface area (Å²) in [5.74, 6) is 0.0106. The van der Waals surface area contributed by atoms with Crippen molar-refractivity contribution in [3.05, 3.63) is 40.9 Å². The van der Waals surface area contributed by atoms with E-state index in [2.05, 4.69) is 0 Å². The molecule has 5 heteroatoms. The van der Waals surface area contributed by atoms with Gasteiger partial charge in [-0.15, -0.1) is 0 Å². The van der Waals surface area contributed by atoms with Crippen LogP contribution in [0.4, 0.5) is 0 Å². The Balaban J connectivity index is 2.29. The van der Waals surface area contributed by atoms with Crippen LogP contribution in [0.5, 0.6) is 0 Å². The second-order valence-electron chi connectivity index (χ2n) is 6.65. The van der Waals surface area contributed by atoms with Crippen LogP contribution in [0.1, 0.15) is 50.5 Å². The van der Waals surface area contributed by atoms with Crippen LogP contribution in [-0.2, 0) is 9.31 Å². The van der Waals surface area contributed by atoms with Crippen molar-refractivity contribution in [3.8, 4) is 0 Å². The zero-order valence-electron chi connectivity index (χ0n) is 13.8. The van der Waals surface area contributed by atoms with Crippen LogP contribution in [0.3, 0.4) is 0 Å². The quantitative estimate of drug-likeness (QED) is 0.686. The first-order valence-electron chi connectivity index (χ1n) is 7.44. The Bertz CT molecular complexity index is 588. The molecule has 1 aromatic carbocycles. The molecule has 0 radical (unpaired) electrons. The Morgan fingerprint density at radius 2 is 1.82 bits per heavy atom. The van der Waals surface area contributed by atoms with Gasteiger partial charge in [0.25, 0.3) is 0 Å². The highest BCUT2D eigenvalue weighted by atomic mass is 16.7. The topological polar surface area (TPSA) is 55.8 Å². The Morgan fingerprint density at radius 1 is 1.23 bits per heavy atom. The average Bonchev–Trinajstić information content (AvgIpc) is 2.65. The molecule has 1 aliphatic heterocycles. The molecule has 2 rings (SSSR count). The molecule has 22 heavy (non-hydrogen) atoms. The fraction of sp³-hybridized carbons (Fsp3) is 0.471. The van der Waals surface area contributed by atoms with Gasteiger partial charge in [0.05, 0.1) is 17.8 Å². The molecule has 0 saturated carbocycles. The molecule has 1 N–H and O–H groups in total. The summed E-state index contributed by atoms with van der Waals surface area (Å²) in [6.45, 7) is 9.25. The van der Waals surface area contributed by atoms with Crippen LogP contribution in [0.2, 0.25) is 0 Å². The minimum atomic E-state index is -0.587. The first-order chi connectivity index (χ1) is 10.2. The van der Waals surface area contributed by atoms with Gasteiger partial charge in [-0.2, -0.15) is 0 Å². The van der Waals surface area contributed by atoms with Crippen LogP contribution >= 0.6 is 0 Å². The number of ketones is 1. The summed E-state index contributed by atoms with van der Waals surface area (Å²) in [5.41, 5.74) is 1.21. The summed E-state index contributed by atoms with van der Waals surface area (Å²) < 4.78 is 11.9. The van der Waals surface area contributed by atoms with Crippen LogP contribution < -0.4 is 0 Å². The zero-order valence-corrected chi connectivity index (χ0v) is 13.8. The van der Waals surface area contributed by atoms with E-state index in [0.29, 0.717) is 11.0 Å². The van der Waals surface area contributed by atoms with Gasteiger partial charge >= 0.3 is 7.12 Å². The first-order valence-corrected chi connectivity index (χ1v) is 7.44. The van der Waals surface area contributed by atoms with E-state index in [-0.39, 0.29) is 12.4 Å². The van der Waals surface area contributed by atoms with Crippen molar-refractivity contribution in [1.29, 1.82) is 0 Å². The first kappa shape index (κ1) is 16.9. The maximum Gasteiger partial charge on any atom is 0.492 e. The minimum Gasteiger partial charge on any atom is -0.400 e. The largest absolute Gasteiger partial charge is 0.492 e. The van der Waals surface area contributed by atoms with Gasteiger partial charge in [-0.3, -0.25) is 4.79 Å². The van der Waals surface area contributed by atoms with Crippen molar-refractivity contribution < 1.29 is 19.2 Å². The van der Waals surface area contributed by atoms with Crippen molar-refractivity contribution >= 4 is 19.0 Å². The molecular formula is C17H23BO4. The molecule has 1 aliphatic rings. The van der Waals surface area contributed by atoms with E-state index < -0.39 is 18.3 Å². The number of carbonyl (C=O) groups excluding carboxylic acids is 1. The van der Waals surface area contributed by atoms with Crippen LogP contribution in [0.25, 0.3) is 6.08 Å². The van der Waals surface area contributed by atoms with Gasteiger partial charge in [-0.25, -0.2) is 0 Å². The van der Waals surface area contributed by atoms with Gasteiger partial charge in [-0.05, 0) is 51.7 Å². The molecule has 0 aromatic heterocycles. The van der Waals surface area contributed by atoms with Crippen LogP contribution in [-0.4, -0.2) is 35.8 Å². The predicted octanol–water partition coefficient (Wildman–Crippen LogP) is 2.90. The summed E-state index contributed by atoms with van der Waals surface area (Å²) in [6.07, 6.45) is 1.81. The number of aliphatic hydroxyl groups is 1. The molecule has 0 spiro atoms. The van der Waals surface area contributed by atoms with E-state index in [1.165, 1.54) is 6.92 Å². The third-order valence-electron chi connectivity index (χ3n) is 4.38. The van der Waals surface area contributed by atoms with Crippen LogP contribution in [0, 0.1) is 0 Å². The lowest BCUT2D eigenvalue weighted by Crippen LogP contribution is -2.41. The Hall–Kier alpha value is -1.43. The summed E-state index contributed by atoms with van der Waals surface area (Å²) in [6, 6.07) is 7.27. The van der Waals surface area contributed by atoms with E-state index >= 15 is 0 Å². The van der Waals surface area contributed by atoms with Gasteiger partial charge in [0.2, 0.25) is 0 Å². The maximum atomic E-state index is 11.5. The molecule has 0 atom stereocenters. The maximum absolute atomic E-state index is 11.5. The van der Waals surface area contributed by atoms with Crippen molar-refractivity contribution in [1.82, 2.24) is 0 Å². The fourth-order valence-electron chi connectivity index (χ4n) is 2.24. The van der Waals surface area contributed by atoms with E-state index in [1.54, 1.807) is 12.1 Å². The van der Waals surface area contributed by atoms with E-state index in [1.807, 2.05) is 45.9 Å². The fourth-order valence-corrected chi connectivity index (χ4v) is 2.24. The highest BCUT2D eigenvalue weighted by Crippen LogP contribution is 2.38. The monoisotopic (exact) mass is 302 g/mol. The third kappa shape index (κ3) is 3.32. The zero-order chi connectivity index (χ0) is 16.5. The minimum absolute atomic E-state index is 0.0106. The number of hydrogen-bond donors (Lipinski definition) is 1. The van der Waals surface area contributed by atoms with Crippen molar-refractivity contribution in [2.45, 2.75) is 45.8 Å². The van der Waals surface area contributed by atoms with E-state index in [4.69, 9.17) is 9.31 Å². The van der Waals surface area contributed by atoms with Crippen molar-refractivity contribution in [2.24, 2.45) is 0 Å². The second-order valence-corrected chi connectivity index (χ2v) is 6.65. The number of hydrogen-bond acceptors (Lipinski definition) is 4. The molecule has 1 aromatic rings. The van der Waals surface area contributed by atoms with E-state index in [0.717, 1.165) is 5.56 Å². The molecular weight excluding hydrogens is 279 g/mol. The van der Waals surface area contributed by atoms with Crippen molar-refractivity contribution in [2.75, 3.05) is 6.61 Å². The summed E-state index contributed by atoms with van der Waals surface area (Å²) >= 11 is 0. The van der Waals surface area contributed by atoms with Crippen LogP contribution in [0.15, 0.2) is 29.7 Å². The predicted molar refractivity (Wildman–Crippen MR) is 87.6 cm³/mol. The Kier molecular flexibility index (Phi) is 4.61. The lowest BCUT2D eigenvalue weighted by Gasteiger charge is -2.32. The normalized spacial score (nSPS) is 20.3. The number of carbonyl (C=O) groups is 1. The molecule has 1 fully saturated rings. The molecule has 1 heterocycles. The Morgan fingerprint density at radius 3 is 2.32 bits per heavy atom. The lowest BCUT2D eigenvalue weighted by molar-refractivity contribution is 0.00578. The highest BCUT2D eigenvalue weighted by molar-refractivity contribution is 6.55. The number of rotatable bonds is 4. The summed E-state index contributed by atoms with van der Waals surface area (Å²) in [7, 11) is -0.587. The molecule has 118 valence electrons. The number of aliphatic hydroxyl groups excluding tert-OH is 1. The molecule has 0 unspecified atom stereocenters. The molecule has 4 nitrogen and oxygen atoms in total. The summed E-state index contributed by atoms with van der Waals surface area (Å²) in [4.78, 5) is 11.5. The molecule has 0 aliphatic carbocycles. The van der Waals surface area contributed by atoms with Gasteiger partial charge in [0.1, 0.15) is 0 Å². The van der Waals surface area contributed by atoms with Gasteiger partial charge in [-0.1, -0.05) is 24.3 Å². The highest BCUT2D eigenvalue weighted by Gasteiger charge is 2.52. The number of Topliss-reactive ketones (excluding diaryl/α,β-unsaturated/α-hetero) is 1. The number of benzene rings is 1. The van der Waals surface area contributed by atoms with Gasteiger partial charge in [0.15, 0.2) is 5.78 Å². The standard InChI is InChI=1S/C17H23BO4/c1-12(20)14-8-6-7-13(9-14)10-15(11-19)18-21-16(2,3)17(4,5)22-18/h6-10,19H,11H2,1-5H3. The smallest absolute Gasteiger partial charge is 0.400 e. The summed E-state index contributed by atoms with van der Waals surface area (Å²) in [5, 5.41) is 9.67. The third-order valence-corrected chi connectivity index (χ3v) is 4.38. The lowest BCUT2D eigenvalue weighted by atomic mass is 9.77. The second kappa shape index (κ2) is 5.99. The van der Waals surface area contributed by atoms with Gasteiger partial charge in [0, 0.05) is 5.56 Å². The Labute approximate surface area is 132 Å². The molecule has 1 saturated heterocycles.